The molecule has 0 aliphatic carbocycles. The number of para-hydroxylation sites is 4. The van der Waals surface area contributed by atoms with Crippen LogP contribution in [0.15, 0.2) is 227 Å². The van der Waals surface area contributed by atoms with Gasteiger partial charge in [-0.2, -0.15) is 0 Å². The zero-order valence-electron chi connectivity index (χ0n) is 31.9. The van der Waals surface area contributed by atoms with Crippen molar-refractivity contribution >= 4 is 50.8 Å². The average Bonchev–Trinajstić information content (AvgIpc) is 3.69. The van der Waals surface area contributed by atoms with Gasteiger partial charge in [-0.3, -0.25) is 0 Å². The lowest BCUT2D eigenvalue weighted by Gasteiger charge is -2.45. The summed E-state index contributed by atoms with van der Waals surface area (Å²) >= 11 is 1.84. The predicted molar refractivity (Wildman–Crippen MR) is 242 cm³/mol. The van der Waals surface area contributed by atoms with Crippen molar-refractivity contribution in [3.8, 4) is 33.8 Å². The van der Waals surface area contributed by atoms with Crippen molar-refractivity contribution in [2.75, 3.05) is 4.90 Å². The molecule has 1 unspecified atom stereocenters. The molecule has 0 radical (unpaired) electrons. The molecule has 1 spiro atoms. The van der Waals surface area contributed by atoms with Crippen molar-refractivity contribution in [1.29, 1.82) is 0 Å². The number of furan rings is 1. The Balaban J connectivity index is 1.11. The summed E-state index contributed by atoms with van der Waals surface area (Å²) < 4.78 is 13.5. The van der Waals surface area contributed by atoms with Gasteiger partial charge in [0.15, 0.2) is 0 Å². The molecule has 12 rings (SSSR count). The van der Waals surface area contributed by atoms with Crippen LogP contribution in [0.1, 0.15) is 22.3 Å². The van der Waals surface area contributed by atoms with Crippen LogP contribution in [-0.2, 0) is 5.41 Å². The van der Waals surface area contributed by atoms with Gasteiger partial charge in [0, 0.05) is 54.3 Å². The van der Waals surface area contributed by atoms with Crippen LogP contribution in [0, 0.1) is 0 Å². The normalized spacial score (nSPS) is 14.9. The van der Waals surface area contributed by atoms with Crippen molar-refractivity contribution in [2.45, 2.75) is 15.2 Å². The molecule has 0 bridgehead atoms. The minimum Gasteiger partial charge on any atom is -0.457 e. The molecule has 10 aromatic rings. The van der Waals surface area contributed by atoms with Gasteiger partial charge in [-0.05, 0) is 101 Å². The lowest BCUT2D eigenvalue weighted by atomic mass is 9.63. The fraction of sp³-hybridized carbons (Fsp3) is 0.0182. The molecule has 0 fully saturated rings. The second-order valence-corrected chi connectivity index (χ2v) is 16.3. The lowest BCUT2D eigenvalue weighted by molar-refractivity contribution is 0.431. The first-order valence-corrected chi connectivity index (χ1v) is 20.8. The van der Waals surface area contributed by atoms with E-state index in [-0.39, 0.29) is 0 Å². The Morgan fingerprint density at radius 1 is 0.390 bits per heavy atom. The maximum absolute atomic E-state index is 6.91. The molecule has 2 aliphatic heterocycles. The summed E-state index contributed by atoms with van der Waals surface area (Å²) in [5.41, 5.74) is 13.5. The van der Waals surface area contributed by atoms with Gasteiger partial charge >= 0.3 is 0 Å². The van der Waals surface area contributed by atoms with E-state index in [1.54, 1.807) is 0 Å². The van der Waals surface area contributed by atoms with E-state index in [4.69, 9.17) is 9.15 Å². The highest BCUT2D eigenvalue weighted by Gasteiger charge is 2.50. The molecule has 0 amide bonds. The molecule has 0 N–H and O–H groups in total. The first-order valence-electron chi connectivity index (χ1n) is 20.0. The molecular formula is C55H35NO2S. The molecule has 278 valence electrons. The number of rotatable bonds is 5. The van der Waals surface area contributed by atoms with Crippen molar-refractivity contribution in [3.63, 3.8) is 0 Å². The number of anilines is 3. The van der Waals surface area contributed by atoms with E-state index in [0.717, 1.165) is 72.8 Å². The average molecular weight is 774 g/mol. The van der Waals surface area contributed by atoms with Crippen molar-refractivity contribution in [3.05, 3.63) is 235 Å². The van der Waals surface area contributed by atoms with Gasteiger partial charge in [-0.25, -0.2) is 0 Å². The van der Waals surface area contributed by atoms with E-state index in [9.17, 15) is 0 Å². The van der Waals surface area contributed by atoms with Gasteiger partial charge in [-0.1, -0.05) is 151 Å². The van der Waals surface area contributed by atoms with Crippen LogP contribution in [0.2, 0.25) is 0 Å². The largest absolute Gasteiger partial charge is 0.457 e. The van der Waals surface area contributed by atoms with Crippen LogP contribution in [-0.4, -0.2) is 0 Å². The van der Waals surface area contributed by atoms with E-state index in [2.05, 4.69) is 211 Å². The highest BCUT2D eigenvalue weighted by atomic mass is 32.2. The molecule has 4 heteroatoms. The fourth-order valence-electron chi connectivity index (χ4n) is 9.39. The quantitative estimate of drug-likeness (QED) is 0.174. The smallest absolute Gasteiger partial charge is 0.143 e. The number of hydrogen-bond acceptors (Lipinski definition) is 4. The minimum absolute atomic E-state index is 0.700. The van der Waals surface area contributed by atoms with E-state index in [1.807, 2.05) is 17.8 Å². The van der Waals surface area contributed by atoms with E-state index >= 15 is 0 Å². The Hall–Kier alpha value is -7.27. The van der Waals surface area contributed by atoms with Gasteiger partial charge in [0.05, 0.1) is 5.41 Å². The SMILES string of the molecule is c1ccc(-c2ccc(N(c3ccccc3)c3ccc4c(c3)C3(c5ccccc5O4)c4ccccc4Sc4ccc(-c5cccc6c5oc5ccccc56)cc43)cc2)cc1. The number of ether oxygens (including phenoxy) is 1. The van der Waals surface area contributed by atoms with Gasteiger partial charge in [0.2, 0.25) is 0 Å². The number of nitrogens with zero attached hydrogens (tertiary/aromatic N) is 1. The summed E-state index contributed by atoms with van der Waals surface area (Å²) in [5, 5.41) is 2.25. The Morgan fingerprint density at radius 3 is 1.88 bits per heavy atom. The summed E-state index contributed by atoms with van der Waals surface area (Å²) in [7, 11) is 0. The summed E-state index contributed by atoms with van der Waals surface area (Å²) in [6, 6.07) is 76.1. The number of benzene rings is 9. The molecule has 1 atom stereocenters. The third-order valence-corrected chi connectivity index (χ3v) is 13.1. The van der Waals surface area contributed by atoms with Crippen molar-refractivity contribution in [2.24, 2.45) is 0 Å². The standard InChI is InChI=1S/C55H35NO2S/c1-3-14-36(15-4-1)37-26-29-40(30-27-37)56(39-16-5-2-6-17-39)41-31-32-51-47(35-41)55(45-21-8-11-24-50(45)57-51)46-22-9-12-25-52(46)59-53-33-28-38(34-48(53)55)42-19-13-20-44-43-18-7-10-23-49(43)58-54(42)44/h1-35H. The zero-order valence-corrected chi connectivity index (χ0v) is 32.7. The lowest BCUT2D eigenvalue weighted by Crippen LogP contribution is -2.37. The molecule has 9 aromatic carbocycles. The van der Waals surface area contributed by atoms with Crippen LogP contribution >= 0.6 is 11.8 Å². The minimum atomic E-state index is -0.700. The number of hydrogen-bond donors (Lipinski definition) is 0. The van der Waals surface area contributed by atoms with Crippen LogP contribution in [0.3, 0.4) is 0 Å². The van der Waals surface area contributed by atoms with E-state index in [1.165, 1.54) is 32.0 Å². The highest BCUT2D eigenvalue weighted by Crippen LogP contribution is 2.62. The second kappa shape index (κ2) is 13.4. The Bertz CT molecular complexity index is 3190. The van der Waals surface area contributed by atoms with Crippen molar-refractivity contribution < 1.29 is 9.15 Å². The third-order valence-electron chi connectivity index (χ3n) is 12.0. The highest BCUT2D eigenvalue weighted by molar-refractivity contribution is 7.99. The zero-order chi connectivity index (χ0) is 38.9. The maximum atomic E-state index is 6.91. The van der Waals surface area contributed by atoms with Gasteiger partial charge in [0.25, 0.3) is 0 Å². The molecule has 59 heavy (non-hydrogen) atoms. The number of fused-ring (bicyclic) bond motifs is 11. The van der Waals surface area contributed by atoms with Gasteiger partial charge in [-0.15, -0.1) is 0 Å². The Labute approximate surface area is 346 Å². The topological polar surface area (TPSA) is 25.6 Å². The van der Waals surface area contributed by atoms with E-state index in [0.29, 0.717) is 0 Å². The van der Waals surface area contributed by atoms with Crippen LogP contribution in [0.25, 0.3) is 44.2 Å². The van der Waals surface area contributed by atoms with Gasteiger partial charge in [0.1, 0.15) is 22.7 Å². The summed E-state index contributed by atoms with van der Waals surface area (Å²) in [6.07, 6.45) is 0. The Morgan fingerprint density at radius 2 is 1.02 bits per heavy atom. The van der Waals surface area contributed by atoms with Crippen LogP contribution in [0.5, 0.6) is 11.5 Å². The molecule has 3 heterocycles. The maximum Gasteiger partial charge on any atom is 0.143 e. The molecule has 0 saturated heterocycles. The van der Waals surface area contributed by atoms with Crippen molar-refractivity contribution in [1.82, 2.24) is 0 Å². The monoisotopic (exact) mass is 773 g/mol. The molecular weight excluding hydrogens is 739 g/mol. The Kier molecular flexibility index (Phi) is 7.69. The summed E-state index contributed by atoms with van der Waals surface area (Å²) in [5.74, 6) is 1.71. The van der Waals surface area contributed by atoms with Crippen LogP contribution in [0.4, 0.5) is 17.1 Å². The predicted octanol–water partition coefficient (Wildman–Crippen LogP) is 15.3. The molecule has 3 nitrogen and oxygen atoms in total. The molecule has 1 aromatic heterocycles. The fourth-order valence-corrected chi connectivity index (χ4v) is 10.6. The molecule has 2 aliphatic rings. The van der Waals surface area contributed by atoms with Gasteiger partial charge < -0.3 is 14.1 Å². The first kappa shape index (κ1) is 33.8. The van der Waals surface area contributed by atoms with Crippen LogP contribution < -0.4 is 9.64 Å². The summed E-state index contributed by atoms with van der Waals surface area (Å²) in [4.78, 5) is 4.80. The molecule has 0 saturated carbocycles. The summed E-state index contributed by atoms with van der Waals surface area (Å²) in [6.45, 7) is 0. The first-order chi connectivity index (χ1) is 29.2. The van der Waals surface area contributed by atoms with E-state index < -0.39 is 5.41 Å². The third kappa shape index (κ3) is 5.23. The second-order valence-electron chi connectivity index (χ2n) is 15.2.